The molecule has 1 fully saturated rings. The lowest BCUT2D eigenvalue weighted by atomic mass is 10.0. The van der Waals surface area contributed by atoms with Crippen molar-refractivity contribution in [3.05, 3.63) is 24.3 Å². The van der Waals surface area contributed by atoms with Crippen LogP contribution in [0.1, 0.15) is 6.42 Å². The molecule has 1 aromatic heterocycles. The Hall–Kier alpha value is -1.59. The lowest BCUT2D eigenvalue weighted by Gasteiger charge is -2.25. The van der Waals surface area contributed by atoms with Crippen molar-refractivity contribution in [1.29, 1.82) is 0 Å². The highest BCUT2D eigenvalue weighted by molar-refractivity contribution is 5.87. The van der Waals surface area contributed by atoms with E-state index >= 15 is 0 Å². The zero-order chi connectivity index (χ0) is 12.4. The zero-order valence-corrected chi connectivity index (χ0v) is 10.3. The third-order valence-corrected chi connectivity index (χ3v) is 3.46. The maximum atomic E-state index is 5.56. The van der Waals surface area contributed by atoms with E-state index in [0.717, 1.165) is 29.8 Å². The van der Waals surface area contributed by atoms with Crippen molar-refractivity contribution in [1.82, 2.24) is 5.16 Å². The van der Waals surface area contributed by atoms with Gasteiger partial charge in [-0.15, -0.1) is 0 Å². The van der Waals surface area contributed by atoms with Crippen molar-refractivity contribution in [2.75, 3.05) is 32.2 Å². The molecule has 0 amide bonds. The minimum Gasteiger partial charge on any atom is -0.378 e. The Bertz CT molecular complexity index is 532. The Morgan fingerprint density at radius 1 is 1.44 bits per heavy atom. The molecule has 96 valence electrons. The number of hydrogen-bond acceptors (Lipinski definition) is 5. The number of methoxy groups -OCH3 is 1. The van der Waals surface area contributed by atoms with Gasteiger partial charge >= 0.3 is 0 Å². The normalized spacial score (nSPS) is 23.6. The third-order valence-electron chi connectivity index (χ3n) is 3.46. The monoisotopic (exact) mass is 248 g/mol. The highest BCUT2D eigenvalue weighted by atomic mass is 16.5. The van der Waals surface area contributed by atoms with Gasteiger partial charge in [-0.1, -0.05) is 17.3 Å². The molecule has 0 radical (unpaired) electrons. The fourth-order valence-corrected chi connectivity index (χ4v) is 2.22. The molecule has 0 spiro atoms. The van der Waals surface area contributed by atoms with E-state index in [1.165, 1.54) is 0 Å². The van der Waals surface area contributed by atoms with Crippen molar-refractivity contribution in [3.8, 4) is 0 Å². The number of ether oxygens (including phenoxy) is 2. The number of aromatic nitrogens is 1. The molecule has 5 heteroatoms. The quantitative estimate of drug-likeness (QED) is 0.897. The predicted molar refractivity (Wildman–Crippen MR) is 67.7 cm³/mol. The molecule has 1 aliphatic rings. The number of hydrogen-bond donors (Lipinski definition) is 1. The van der Waals surface area contributed by atoms with Crippen molar-refractivity contribution in [3.63, 3.8) is 0 Å². The van der Waals surface area contributed by atoms with Gasteiger partial charge in [-0.2, -0.15) is 0 Å². The van der Waals surface area contributed by atoms with Crippen molar-refractivity contribution < 1.29 is 14.0 Å². The van der Waals surface area contributed by atoms with Crippen LogP contribution in [0.25, 0.3) is 11.0 Å². The van der Waals surface area contributed by atoms with Gasteiger partial charge in [0, 0.05) is 26.7 Å². The highest BCUT2D eigenvalue weighted by Gasteiger charge is 2.35. The SMILES string of the molecule is COC1(CNc2noc3ccccc23)CCOC1. The average molecular weight is 248 g/mol. The minimum atomic E-state index is -0.250. The molecule has 1 unspecified atom stereocenters. The van der Waals surface area contributed by atoms with E-state index in [-0.39, 0.29) is 5.60 Å². The van der Waals surface area contributed by atoms with Gasteiger partial charge in [0.15, 0.2) is 11.4 Å². The number of benzene rings is 1. The molecule has 3 rings (SSSR count). The van der Waals surface area contributed by atoms with Crippen molar-refractivity contribution in [2.24, 2.45) is 0 Å². The number of nitrogens with zero attached hydrogens (tertiary/aromatic N) is 1. The molecule has 0 saturated carbocycles. The highest BCUT2D eigenvalue weighted by Crippen LogP contribution is 2.26. The number of rotatable bonds is 4. The molecule has 18 heavy (non-hydrogen) atoms. The summed E-state index contributed by atoms with van der Waals surface area (Å²) in [6.07, 6.45) is 0.895. The van der Waals surface area contributed by atoms with Crippen molar-refractivity contribution in [2.45, 2.75) is 12.0 Å². The summed E-state index contributed by atoms with van der Waals surface area (Å²) < 4.78 is 16.2. The van der Waals surface area contributed by atoms with Crippen LogP contribution in [-0.4, -0.2) is 37.6 Å². The van der Waals surface area contributed by atoms with Crippen LogP contribution in [0, 0.1) is 0 Å². The number of fused-ring (bicyclic) bond motifs is 1. The standard InChI is InChI=1S/C13H16N2O3/c1-16-13(6-7-17-9-13)8-14-12-10-4-2-3-5-11(10)18-15-12/h2-5H,6-9H2,1H3,(H,14,15). The third kappa shape index (κ3) is 1.95. The molecule has 0 bridgehead atoms. The van der Waals surface area contributed by atoms with Crippen LogP contribution >= 0.6 is 0 Å². The van der Waals surface area contributed by atoms with Crippen LogP contribution in [0.5, 0.6) is 0 Å². The predicted octanol–water partition coefficient (Wildman–Crippen LogP) is 2.05. The molecule has 0 aliphatic carbocycles. The molecule has 2 aromatic rings. The zero-order valence-electron chi connectivity index (χ0n) is 10.3. The summed E-state index contributed by atoms with van der Waals surface area (Å²) in [5.41, 5.74) is 0.536. The second kappa shape index (κ2) is 4.59. The number of para-hydroxylation sites is 1. The van der Waals surface area contributed by atoms with Gasteiger partial charge in [-0.25, -0.2) is 0 Å². The summed E-state index contributed by atoms with van der Waals surface area (Å²) >= 11 is 0. The maximum absolute atomic E-state index is 5.56. The summed E-state index contributed by atoms with van der Waals surface area (Å²) in [7, 11) is 1.72. The molecular weight excluding hydrogens is 232 g/mol. The lowest BCUT2D eigenvalue weighted by molar-refractivity contribution is -0.00626. The van der Waals surface area contributed by atoms with E-state index in [4.69, 9.17) is 14.0 Å². The first-order chi connectivity index (χ1) is 8.83. The van der Waals surface area contributed by atoms with Crippen molar-refractivity contribution >= 4 is 16.8 Å². The molecular formula is C13H16N2O3. The average Bonchev–Trinajstić information content (AvgIpc) is 3.04. The van der Waals surface area contributed by atoms with Gasteiger partial charge in [0.25, 0.3) is 0 Å². The molecule has 1 N–H and O–H groups in total. The Balaban J connectivity index is 1.76. The van der Waals surface area contributed by atoms with Gasteiger partial charge in [0.2, 0.25) is 0 Å². The van der Waals surface area contributed by atoms with Crippen LogP contribution in [0.2, 0.25) is 0 Å². The van der Waals surface area contributed by atoms with E-state index < -0.39 is 0 Å². The van der Waals surface area contributed by atoms with Crippen LogP contribution in [0.3, 0.4) is 0 Å². The Kier molecular flexibility index (Phi) is 2.93. The smallest absolute Gasteiger partial charge is 0.177 e. The Morgan fingerprint density at radius 2 is 2.33 bits per heavy atom. The number of nitrogens with one attached hydrogen (secondary N) is 1. The topological polar surface area (TPSA) is 56.5 Å². The van der Waals surface area contributed by atoms with Gasteiger partial charge in [-0.05, 0) is 12.1 Å². The summed E-state index contributed by atoms with van der Waals surface area (Å²) in [6, 6.07) is 7.78. The summed E-state index contributed by atoms with van der Waals surface area (Å²) in [5, 5.41) is 8.32. The second-order valence-electron chi connectivity index (χ2n) is 4.57. The molecule has 2 heterocycles. The first-order valence-electron chi connectivity index (χ1n) is 6.04. The number of anilines is 1. The van der Waals surface area contributed by atoms with Crippen LogP contribution in [-0.2, 0) is 9.47 Å². The van der Waals surface area contributed by atoms with Crippen LogP contribution in [0.4, 0.5) is 5.82 Å². The fourth-order valence-electron chi connectivity index (χ4n) is 2.22. The summed E-state index contributed by atoms with van der Waals surface area (Å²) in [4.78, 5) is 0. The fraction of sp³-hybridized carbons (Fsp3) is 0.462. The van der Waals surface area contributed by atoms with Gasteiger partial charge in [0.05, 0.1) is 12.0 Å². The molecule has 1 saturated heterocycles. The Labute approximate surface area is 105 Å². The van der Waals surface area contributed by atoms with E-state index in [1.54, 1.807) is 7.11 Å². The first-order valence-corrected chi connectivity index (χ1v) is 6.04. The minimum absolute atomic E-state index is 0.250. The van der Waals surface area contributed by atoms with Gasteiger partial charge in [-0.3, -0.25) is 0 Å². The first kappa shape index (κ1) is 11.5. The van der Waals surface area contributed by atoms with Crippen LogP contribution < -0.4 is 5.32 Å². The molecule has 1 aromatic carbocycles. The summed E-state index contributed by atoms with van der Waals surface area (Å²) in [6.45, 7) is 2.03. The van der Waals surface area contributed by atoms with E-state index in [2.05, 4.69) is 10.5 Å². The van der Waals surface area contributed by atoms with Crippen LogP contribution in [0.15, 0.2) is 28.8 Å². The largest absolute Gasteiger partial charge is 0.378 e. The Morgan fingerprint density at radius 3 is 3.11 bits per heavy atom. The molecule has 1 atom stereocenters. The van der Waals surface area contributed by atoms with E-state index in [9.17, 15) is 0 Å². The van der Waals surface area contributed by atoms with Gasteiger partial charge < -0.3 is 19.3 Å². The summed E-state index contributed by atoms with van der Waals surface area (Å²) in [5.74, 6) is 0.758. The van der Waals surface area contributed by atoms with Gasteiger partial charge in [0.1, 0.15) is 5.60 Å². The molecule has 5 nitrogen and oxygen atoms in total. The second-order valence-corrected chi connectivity index (χ2v) is 4.57. The molecule has 1 aliphatic heterocycles. The van der Waals surface area contributed by atoms with E-state index in [0.29, 0.717) is 13.2 Å². The maximum Gasteiger partial charge on any atom is 0.177 e. The van der Waals surface area contributed by atoms with E-state index in [1.807, 2.05) is 24.3 Å². The lowest BCUT2D eigenvalue weighted by Crippen LogP contribution is -2.39.